The van der Waals surface area contributed by atoms with Crippen molar-refractivity contribution >= 4 is 17.0 Å². The number of fused-ring (bicyclic) bond motifs is 1. The Bertz CT molecular complexity index is 627. The zero-order valence-electron chi connectivity index (χ0n) is 11.3. The molecule has 1 aliphatic heterocycles. The minimum Gasteiger partial charge on any atom is -0.339 e. The molecule has 0 aliphatic carbocycles. The van der Waals surface area contributed by atoms with Crippen LogP contribution in [0, 0.1) is 13.8 Å². The molecule has 0 saturated carbocycles. The second kappa shape index (κ2) is 4.64. The second-order valence-electron chi connectivity index (χ2n) is 5.11. The smallest absolute Gasteiger partial charge is 0.258 e. The lowest BCUT2D eigenvalue weighted by atomic mass is 10.1. The van der Waals surface area contributed by atoms with Crippen LogP contribution in [0.1, 0.15) is 41.0 Å². The molecule has 0 spiro atoms. The van der Waals surface area contributed by atoms with E-state index in [-0.39, 0.29) is 5.91 Å². The summed E-state index contributed by atoms with van der Waals surface area (Å²) in [6.45, 7) is 5.39. The van der Waals surface area contributed by atoms with E-state index in [1.54, 1.807) is 0 Å². The monoisotopic (exact) mass is 259 g/mol. The SMILES string of the molecule is Cc1cc(C(=O)N2CCCCC2)c2c(C)noc2n1. The zero-order valence-corrected chi connectivity index (χ0v) is 11.3. The Kier molecular flexibility index (Phi) is 2.97. The Hall–Kier alpha value is -1.91. The van der Waals surface area contributed by atoms with Crippen LogP contribution < -0.4 is 0 Å². The number of carbonyl (C=O) groups excluding carboxylic acids is 1. The first kappa shape index (κ1) is 12.1. The first-order valence-corrected chi connectivity index (χ1v) is 6.70. The highest BCUT2D eigenvalue weighted by Gasteiger charge is 2.23. The fraction of sp³-hybridized carbons (Fsp3) is 0.500. The number of rotatable bonds is 1. The standard InChI is InChI=1S/C14H17N3O2/c1-9-8-11(12-10(2)16-19-13(12)15-9)14(18)17-6-4-3-5-7-17/h8H,3-7H2,1-2H3. The van der Waals surface area contributed by atoms with Crippen molar-refractivity contribution in [3.05, 3.63) is 23.0 Å². The number of pyridine rings is 1. The van der Waals surface area contributed by atoms with Crippen molar-refractivity contribution in [1.29, 1.82) is 0 Å². The molecule has 100 valence electrons. The largest absolute Gasteiger partial charge is 0.339 e. The molecule has 0 radical (unpaired) electrons. The van der Waals surface area contributed by atoms with Crippen molar-refractivity contribution in [2.75, 3.05) is 13.1 Å². The van der Waals surface area contributed by atoms with Gasteiger partial charge in [0, 0.05) is 18.8 Å². The quantitative estimate of drug-likeness (QED) is 0.789. The molecule has 5 nitrogen and oxygen atoms in total. The maximum atomic E-state index is 12.6. The minimum atomic E-state index is 0.0708. The lowest BCUT2D eigenvalue weighted by molar-refractivity contribution is 0.0726. The van der Waals surface area contributed by atoms with E-state index in [9.17, 15) is 4.79 Å². The molecule has 0 unspecified atom stereocenters. The van der Waals surface area contributed by atoms with E-state index < -0.39 is 0 Å². The van der Waals surface area contributed by atoms with Gasteiger partial charge in [-0.3, -0.25) is 4.79 Å². The average Bonchev–Trinajstić information content (AvgIpc) is 2.79. The summed E-state index contributed by atoms with van der Waals surface area (Å²) < 4.78 is 5.18. The molecule has 1 aliphatic rings. The van der Waals surface area contributed by atoms with Crippen LogP contribution in [0.25, 0.3) is 11.1 Å². The molecule has 1 fully saturated rings. The van der Waals surface area contributed by atoms with Crippen molar-refractivity contribution in [2.24, 2.45) is 0 Å². The molecule has 2 aromatic heterocycles. The highest BCUT2D eigenvalue weighted by atomic mass is 16.5. The Morgan fingerprint density at radius 3 is 2.74 bits per heavy atom. The van der Waals surface area contributed by atoms with Crippen LogP contribution in [0.2, 0.25) is 0 Å². The van der Waals surface area contributed by atoms with Gasteiger partial charge in [0.1, 0.15) is 0 Å². The van der Waals surface area contributed by atoms with Crippen molar-refractivity contribution in [3.63, 3.8) is 0 Å². The van der Waals surface area contributed by atoms with Gasteiger partial charge < -0.3 is 9.42 Å². The summed E-state index contributed by atoms with van der Waals surface area (Å²) in [5, 5.41) is 4.67. The van der Waals surface area contributed by atoms with E-state index in [2.05, 4.69) is 10.1 Å². The third-order valence-corrected chi connectivity index (χ3v) is 3.62. The first-order chi connectivity index (χ1) is 9.16. The molecule has 1 amide bonds. The van der Waals surface area contributed by atoms with Crippen LogP contribution in [0.3, 0.4) is 0 Å². The maximum absolute atomic E-state index is 12.6. The van der Waals surface area contributed by atoms with Gasteiger partial charge in [0.15, 0.2) is 0 Å². The van der Waals surface area contributed by atoms with Gasteiger partial charge in [0.2, 0.25) is 0 Å². The molecule has 0 bridgehead atoms. The van der Waals surface area contributed by atoms with Crippen molar-refractivity contribution in [3.8, 4) is 0 Å². The molecule has 0 N–H and O–H groups in total. The van der Waals surface area contributed by atoms with E-state index in [0.717, 1.165) is 42.7 Å². The molecule has 1 saturated heterocycles. The van der Waals surface area contributed by atoms with Crippen LogP contribution in [0.15, 0.2) is 10.6 Å². The van der Waals surface area contributed by atoms with Crippen LogP contribution >= 0.6 is 0 Å². The average molecular weight is 259 g/mol. The number of hydrogen-bond acceptors (Lipinski definition) is 4. The van der Waals surface area contributed by atoms with E-state index >= 15 is 0 Å². The third-order valence-electron chi connectivity index (χ3n) is 3.62. The van der Waals surface area contributed by atoms with Gasteiger partial charge in [-0.05, 0) is 39.2 Å². The van der Waals surface area contributed by atoms with Crippen LogP contribution in [0.4, 0.5) is 0 Å². The molecule has 0 aromatic carbocycles. The summed E-state index contributed by atoms with van der Waals surface area (Å²) in [6, 6.07) is 1.84. The van der Waals surface area contributed by atoms with Crippen molar-refractivity contribution < 1.29 is 9.32 Å². The van der Waals surface area contributed by atoms with Crippen molar-refractivity contribution in [1.82, 2.24) is 15.0 Å². The fourth-order valence-electron chi connectivity index (χ4n) is 2.65. The van der Waals surface area contributed by atoms with Gasteiger partial charge in [-0.15, -0.1) is 0 Å². The Morgan fingerprint density at radius 1 is 1.26 bits per heavy atom. The van der Waals surface area contributed by atoms with Gasteiger partial charge in [0.25, 0.3) is 11.6 Å². The molecule has 3 rings (SSSR count). The molecular weight excluding hydrogens is 242 g/mol. The molecule has 2 aromatic rings. The summed E-state index contributed by atoms with van der Waals surface area (Å²) in [5.41, 5.74) is 2.63. The van der Waals surface area contributed by atoms with Crippen molar-refractivity contribution in [2.45, 2.75) is 33.1 Å². The first-order valence-electron chi connectivity index (χ1n) is 6.70. The lowest BCUT2D eigenvalue weighted by Crippen LogP contribution is -2.35. The summed E-state index contributed by atoms with van der Waals surface area (Å²) in [4.78, 5) is 18.9. The van der Waals surface area contributed by atoms with Crippen LogP contribution in [-0.2, 0) is 0 Å². The molecule has 5 heteroatoms. The number of piperidine rings is 1. The Labute approximate surface area is 111 Å². The van der Waals surface area contributed by atoms with E-state index in [0.29, 0.717) is 11.3 Å². The minimum absolute atomic E-state index is 0.0708. The van der Waals surface area contributed by atoms with E-state index in [1.807, 2.05) is 24.8 Å². The maximum Gasteiger partial charge on any atom is 0.258 e. The van der Waals surface area contributed by atoms with Gasteiger partial charge in [0.05, 0.1) is 16.6 Å². The summed E-state index contributed by atoms with van der Waals surface area (Å²) in [6.07, 6.45) is 3.38. The fourth-order valence-corrected chi connectivity index (χ4v) is 2.65. The zero-order chi connectivity index (χ0) is 13.4. The number of amides is 1. The normalized spacial score (nSPS) is 16.0. The van der Waals surface area contributed by atoms with Crippen LogP contribution in [-0.4, -0.2) is 34.0 Å². The number of likely N-dealkylation sites (tertiary alicyclic amines) is 1. The number of hydrogen-bond donors (Lipinski definition) is 0. The topological polar surface area (TPSA) is 59.2 Å². The molecule has 19 heavy (non-hydrogen) atoms. The summed E-state index contributed by atoms with van der Waals surface area (Å²) in [5.74, 6) is 0.0708. The number of nitrogens with zero attached hydrogens (tertiary/aromatic N) is 3. The van der Waals surface area contributed by atoms with Gasteiger partial charge in [-0.1, -0.05) is 5.16 Å². The third kappa shape index (κ3) is 2.09. The van der Waals surface area contributed by atoms with Gasteiger partial charge in [-0.25, -0.2) is 4.98 Å². The second-order valence-corrected chi connectivity index (χ2v) is 5.11. The van der Waals surface area contributed by atoms with E-state index in [1.165, 1.54) is 6.42 Å². The predicted molar refractivity (Wildman–Crippen MR) is 71.0 cm³/mol. The van der Waals surface area contributed by atoms with Gasteiger partial charge in [-0.2, -0.15) is 0 Å². The van der Waals surface area contributed by atoms with Crippen LogP contribution in [0.5, 0.6) is 0 Å². The van der Waals surface area contributed by atoms with Gasteiger partial charge >= 0.3 is 0 Å². The highest BCUT2D eigenvalue weighted by Crippen LogP contribution is 2.24. The summed E-state index contributed by atoms with van der Waals surface area (Å²) in [7, 11) is 0. The molecule has 3 heterocycles. The number of carbonyl (C=O) groups is 1. The Morgan fingerprint density at radius 2 is 2.00 bits per heavy atom. The number of aromatic nitrogens is 2. The predicted octanol–water partition coefficient (Wildman–Crippen LogP) is 2.47. The molecular formula is C14H17N3O2. The number of aryl methyl sites for hydroxylation is 2. The summed E-state index contributed by atoms with van der Waals surface area (Å²) >= 11 is 0. The van der Waals surface area contributed by atoms with E-state index in [4.69, 9.17) is 4.52 Å². The Balaban J connectivity index is 2.07. The lowest BCUT2D eigenvalue weighted by Gasteiger charge is -2.27. The highest BCUT2D eigenvalue weighted by molar-refractivity contribution is 6.06. The molecule has 0 atom stereocenters.